The van der Waals surface area contributed by atoms with Gasteiger partial charge < -0.3 is 9.32 Å². The van der Waals surface area contributed by atoms with Gasteiger partial charge in [-0.3, -0.25) is 0 Å². The number of nitrogens with zero attached hydrogens (tertiary/aromatic N) is 1. The molecular formula is C40H27NO. The van der Waals surface area contributed by atoms with Gasteiger partial charge in [0.05, 0.1) is 5.69 Å². The maximum Gasteiger partial charge on any atom is 0.159 e. The molecular weight excluding hydrogens is 510 g/mol. The lowest BCUT2D eigenvalue weighted by atomic mass is 9.99. The van der Waals surface area contributed by atoms with Crippen molar-refractivity contribution in [3.8, 4) is 22.3 Å². The molecule has 1 heterocycles. The van der Waals surface area contributed by atoms with Crippen molar-refractivity contribution in [1.82, 2.24) is 0 Å². The fourth-order valence-electron chi connectivity index (χ4n) is 6.00. The van der Waals surface area contributed by atoms with E-state index in [4.69, 9.17) is 4.42 Å². The minimum absolute atomic E-state index is 0.880. The van der Waals surface area contributed by atoms with Crippen LogP contribution in [-0.4, -0.2) is 0 Å². The fourth-order valence-corrected chi connectivity index (χ4v) is 6.00. The van der Waals surface area contributed by atoms with Crippen LogP contribution in [0.4, 0.5) is 17.1 Å². The Morgan fingerprint density at radius 1 is 0.357 bits per heavy atom. The third kappa shape index (κ3) is 4.13. The Morgan fingerprint density at radius 2 is 0.929 bits per heavy atom. The lowest BCUT2D eigenvalue weighted by Gasteiger charge is -2.26. The molecule has 0 aliphatic heterocycles. The number of hydrogen-bond donors (Lipinski definition) is 0. The van der Waals surface area contributed by atoms with Crippen LogP contribution in [0.15, 0.2) is 168 Å². The monoisotopic (exact) mass is 537 g/mol. The molecule has 42 heavy (non-hydrogen) atoms. The van der Waals surface area contributed by atoms with Gasteiger partial charge in [0.2, 0.25) is 0 Å². The molecule has 0 radical (unpaired) electrons. The number of para-hydroxylation sites is 2. The number of fused-ring (bicyclic) bond motifs is 5. The highest BCUT2D eigenvalue weighted by molar-refractivity contribution is 6.17. The van der Waals surface area contributed by atoms with E-state index in [2.05, 4.69) is 169 Å². The summed E-state index contributed by atoms with van der Waals surface area (Å²) < 4.78 is 6.75. The van der Waals surface area contributed by atoms with E-state index >= 15 is 0 Å². The van der Waals surface area contributed by atoms with Gasteiger partial charge in [0.1, 0.15) is 5.58 Å². The van der Waals surface area contributed by atoms with Crippen molar-refractivity contribution in [3.05, 3.63) is 164 Å². The number of benzene rings is 7. The summed E-state index contributed by atoms with van der Waals surface area (Å²) in [6.45, 7) is 0. The third-order valence-electron chi connectivity index (χ3n) is 8.05. The zero-order chi connectivity index (χ0) is 27.9. The summed E-state index contributed by atoms with van der Waals surface area (Å²) in [6.07, 6.45) is 0. The molecule has 0 amide bonds. The standard InChI is InChI=1S/C40H27NO/c1-3-11-28(12-4-1)29-21-23-30(24-22-29)32-14-9-17-34(27-32)41(33-15-5-2-6-16-33)38-20-10-19-36-37-26-25-31-13-7-8-18-35(31)39(37)42-40(36)38/h1-27H. The van der Waals surface area contributed by atoms with Crippen LogP contribution in [0.2, 0.25) is 0 Å². The van der Waals surface area contributed by atoms with Gasteiger partial charge in [0.25, 0.3) is 0 Å². The van der Waals surface area contributed by atoms with Gasteiger partial charge in [-0.1, -0.05) is 127 Å². The molecule has 8 aromatic rings. The van der Waals surface area contributed by atoms with Crippen molar-refractivity contribution < 1.29 is 4.42 Å². The molecule has 198 valence electrons. The maximum atomic E-state index is 6.75. The highest BCUT2D eigenvalue weighted by Crippen LogP contribution is 2.44. The van der Waals surface area contributed by atoms with E-state index < -0.39 is 0 Å². The second-order valence-corrected chi connectivity index (χ2v) is 10.6. The summed E-state index contributed by atoms with van der Waals surface area (Å²) in [7, 11) is 0. The van der Waals surface area contributed by atoms with E-state index in [9.17, 15) is 0 Å². The number of hydrogen-bond acceptors (Lipinski definition) is 2. The van der Waals surface area contributed by atoms with Gasteiger partial charge in [-0.15, -0.1) is 0 Å². The number of anilines is 3. The lowest BCUT2D eigenvalue weighted by Crippen LogP contribution is -2.10. The molecule has 0 aliphatic carbocycles. The first kappa shape index (κ1) is 24.2. The minimum atomic E-state index is 0.880. The van der Waals surface area contributed by atoms with Gasteiger partial charge in [0, 0.05) is 27.5 Å². The summed E-state index contributed by atoms with van der Waals surface area (Å²) in [5.41, 5.74) is 9.74. The molecule has 0 fully saturated rings. The molecule has 0 unspecified atom stereocenters. The lowest BCUT2D eigenvalue weighted by molar-refractivity contribution is 0.673. The molecule has 0 N–H and O–H groups in total. The Bertz CT molecular complexity index is 2180. The Hall–Kier alpha value is -5.60. The van der Waals surface area contributed by atoms with Gasteiger partial charge >= 0.3 is 0 Å². The molecule has 0 bridgehead atoms. The maximum absolute atomic E-state index is 6.75. The second-order valence-electron chi connectivity index (χ2n) is 10.6. The summed E-state index contributed by atoms with van der Waals surface area (Å²) in [5, 5.41) is 4.55. The predicted molar refractivity (Wildman–Crippen MR) is 177 cm³/mol. The SMILES string of the molecule is c1ccc(-c2ccc(-c3cccc(N(c4ccccc4)c4cccc5c4oc4c6ccccc6ccc54)c3)cc2)cc1. The number of furan rings is 1. The Morgan fingerprint density at radius 3 is 1.74 bits per heavy atom. The smallest absolute Gasteiger partial charge is 0.159 e. The molecule has 0 saturated heterocycles. The van der Waals surface area contributed by atoms with Crippen molar-refractivity contribution in [3.63, 3.8) is 0 Å². The second kappa shape index (κ2) is 10.1. The quantitative estimate of drug-likeness (QED) is 0.217. The molecule has 0 saturated carbocycles. The zero-order valence-corrected chi connectivity index (χ0v) is 22.9. The third-order valence-corrected chi connectivity index (χ3v) is 8.05. The highest BCUT2D eigenvalue weighted by Gasteiger charge is 2.20. The summed E-state index contributed by atoms with van der Waals surface area (Å²) >= 11 is 0. The van der Waals surface area contributed by atoms with E-state index in [0.29, 0.717) is 0 Å². The molecule has 0 atom stereocenters. The van der Waals surface area contributed by atoms with Crippen LogP contribution in [-0.2, 0) is 0 Å². The van der Waals surface area contributed by atoms with E-state index in [1.807, 2.05) is 0 Å². The molecule has 0 aliphatic rings. The summed E-state index contributed by atoms with van der Waals surface area (Å²) in [5.74, 6) is 0. The molecule has 1 aromatic heterocycles. The van der Waals surface area contributed by atoms with Crippen molar-refractivity contribution in [2.24, 2.45) is 0 Å². The fraction of sp³-hybridized carbons (Fsp3) is 0. The van der Waals surface area contributed by atoms with Crippen molar-refractivity contribution in [2.75, 3.05) is 4.90 Å². The Kier molecular flexibility index (Phi) is 5.82. The Labute approximate surface area is 244 Å². The first-order chi connectivity index (χ1) is 20.8. The minimum Gasteiger partial charge on any atom is -0.453 e. The normalized spacial score (nSPS) is 11.3. The molecule has 2 heteroatoms. The van der Waals surface area contributed by atoms with Crippen LogP contribution < -0.4 is 4.90 Å². The van der Waals surface area contributed by atoms with Crippen LogP contribution >= 0.6 is 0 Å². The molecule has 2 nitrogen and oxygen atoms in total. The van der Waals surface area contributed by atoms with Gasteiger partial charge in [-0.2, -0.15) is 0 Å². The van der Waals surface area contributed by atoms with E-state index in [0.717, 1.165) is 50.0 Å². The van der Waals surface area contributed by atoms with Gasteiger partial charge in [0.15, 0.2) is 5.58 Å². The van der Waals surface area contributed by atoms with Gasteiger partial charge in [-0.05, 0) is 64.0 Å². The average Bonchev–Trinajstić information content (AvgIpc) is 3.46. The van der Waals surface area contributed by atoms with Crippen molar-refractivity contribution >= 4 is 49.8 Å². The average molecular weight is 538 g/mol. The van der Waals surface area contributed by atoms with Crippen molar-refractivity contribution in [2.45, 2.75) is 0 Å². The summed E-state index contributed by atoms with van der Waals surface area (Å²) in [6, 6.07) is 57.8. The van der Waals surface area contributed by atoms with Crippen molar-refractivity contribution in [1.29, 1.82) is 0 Å². The zero-order valence-electron chi connectivity index (χ0n) is 22.9. The van der Waals surface area contributed by atoms with Gasteiger partial charge in [-0.25, -0.2) is 0 Å². The molecule has 7 aromatic carbocycles. The molecule has 0 spiro atoms. The largest absolute Gasteiger partial charge is 0.453 e. The molecule has 8 rings (SSSR count). The van der Waals surface area contributed by atoms with Crippen LogP contribution in [0.1, 0.15) is 0 Å². The van der Waals surface area contributed by atoms with Crippen LogP contribution in [0, 0.1) is 0 Å². The van der Waals surface area contributed by atoms with Crippen LogP contribution in [0.25, 0.3) is 55.0 Å². The van der Waals surface area contributed by atoms with E-state index in [1.54, 1.807) is 0 Å². The predicted octanol–water partition coefficient (Wildman–Crippen LogP) is 11.5. The highest BCUT2D eigenvalue weighted by atomic mass is 16.3. The van der Waals surface area contributed by atoms with E-state index in [-0.39, 0.29) is 0 Å². The Balaban J connectivity index is 1.28. The van der Waals surface area contributed by atoms with Crippen LogP contribution in [0.3, 0.4) is 0 Å². The first-order valence-corrected chi connectivity index (χ1v) is 14.3. The van der Waals surface area contributed by atoms with E-state index in [1.165, 1.54) is 22.1 Å². The first-order valence-electron chi connectivity index (χ1n) is 14.3. The summed E-state index contributed by atoms with van der Waals surface area (Å²) in [4.78, 5) is 2.30. The topological polar surface area (TPSA) is 16.4 Å². The number of rotatable bonds is 5. The van der Waals surface area contributed by atoms with Crippen LogP contribution in [0.5, 0.6) is 0 Å².